The van der Waals surface area contributed by atoms with Crippen molar-refractivity contribution in [1.82, 2.24) is 4.57 Å². The maximum Gasteiger partial charge on any atom is 0.114 e. The fraction of sp³-hybridized carbons (Fsp3) is 0.200. The highest BCUT2D eigenvalue weighted by Crippen LogP contribution is 2.30. The third kappa shape index (κ3) is 1.36. The smallest absolute Gasteiger partial charge is 0.114 e. The first-order valence-electron chi connectivity index (χ1n) is 4.27. The zero-order valence-corrected chi connectivity index (χ0v) is 10.1. The third-order valence-electron chi connectivity index (χ3n) is 2.39. The first-order chi connectivity index (χ1) is 6.65. The molecule has 0 radical (unpaired) electrons. The molecule has 0 saturated carbocycles. The summed E-state index contributed by atoms with van der Waals surface area (Å²) in [6.07, 6.45) is 0. The Morgan fingerprint density at radius 3 is 2.86 bits per heavy atom. The number of hydrogen-bond donors (Lipinski definition) is 1. The van der Waals surface area contributed by atoms with Gasteiger partial charge in [0.15, 0.2) is 0 Å². The minimum Gasteiger partial charge on any atom is -0.334 e. The molecule has 0 aliphatic carbocycles. The third-order valence-corrected chi connectivity index (χ3v) is 3.37. The predicted octanol–water partition coefficient (Wildman–Crippen LogP) is 3.05. The molecule has 2 nitrogen and oxygen atoms in total. The van der Waals surface area contributed by atoms with Gasteiger partial charge in [-0.2, -0.15) is 0 Å². The van der Waals surface area contributed by atoms with Gasteiger partial charge in [-0.3, -0.25) is 0 Å². The van der Waals surface area contributed by atoms with E-state index in [0.717, 1.165) is 26.1 Å². The zero-order chi connectivity index (χ0) is 10.3. The van der Waals surface area contributed by atoms with Crippen LogP contribution in [0.15, 0.2) is 22.7 Å². The Hall–Kier alpha value is -0.510. The summed E-state index contributed by atoms with van der Waals surface area (Å²) in [5, 5.41) is 1.85. The highest BCUT2D eigenvalue weighted by atomic mass is 79.9. The SMILES string of the molecule is Cn1c(Cl)c(CN)c2ccc(Br)cc21. The Labute approximate surface area is 95.8 Å². The van der Waals surface area contributed by atoms with Crippen LogP contribution in [0.25, 0.3) is 10.9 Å². The Balaban J connectivity index is 2.88. The van der Waals surface area contributed by atoms with E-state index in [-0.39, 0.29) is 0 Å². The molecule has 1 aromatic carbocycles. The van der Waals surface area contributed by atoms with Crippen molar-refractivity contribution in [2.24, 2.45) is 12.8 Å². The normalized spacial score (nSPS) is 11.1. The number of nitrogens with two attached hydrogens (primary N) is 1. The van der Waals surface area contributed by atoms with Crippen LogP contribution in [-0.2, 0) is 13.6 Å². The number of hydrogen-bond acceptors (Lipinski definition) is 1. The molecule has 1 aromatic heterocycles. The average molecular weight is 274 g/mol. The van der Waals surface area contributed by atoms with E-state index in [1.807, 2.05) is 29.8 Å². The number of aromatic nitrogens is 1. The lowest BCUT2D eigenvalue weighted by Gasteiger charge is -1.96. The summed E-state index contributed by atoms with van der Waals surface area (Å²) in [5.41, 5.74) is 7.77. The molecule has 0 unspecified atom stereocenters. The van der Waals surface area contributed by atoms with Crippen LogP contribution in [0.2, 0.25) is 5.15 Å². The maximum absolute atomic E-state index is 6.16. The predicted molar refractivity (Wildman–Crippen MR) is 63.5 cm³/mol. The van der Waals surface area contributed by atoms with E-state index in [1.54, 1.807) is 0 Å². The van der Waals surface area contributed by atoms with Crippen molar-refractivity contribution >= 4 is 38.4 Å². The summed E-state index contributed by atoms with van der Waals surface area (Å²) in [4.78, 5) is 0. The van der Waals surface area contributed by atoms with Crippen LogP contribution in [-0.4, -0.2) is 4.57 Å². The molecule has 0 saturated heterocycles. The van der Waals surface area contributed by atoms with E-state index in [4.69, 9.17) is 17.3 Å². The fourth-order valence-electron chi connectivity index (χ4n) is 1.65. The average Bonchev–Trinajstić information content (AvgIpc) is 2.41. The molecule has 2 rings (SSSR count). The minimum absolute atomic E-state index is 0.470. The van der Waals surface area contributed by atoms with Gasteiger partial charge in [-0.15, -0.1) is 0 Å². The quantitative estimate of drug-likeness (QED) is 0.850. The van der Waals surface area contributed by atoms with Gasteiger partial charge in [-0.25, -0.2) is 0 Å². The van der Waals surface area contributed by atoms with Gasteiger partial charge in [0.2, 0.25) is 0 Å². The van der Waals surface area contributed by atoms with Crippen molar-refractivity contribution in [2.75, 3.05) is 0 Å². The lowest BCUT2D eigenvalue weighted by atomic mass is 10.2. The molecule has 0 fully saturated rings. The number of benzene rings is 1. The highest BCUT2D eigenvalue weighted by molar-refractivity contribution is 9.10. The van der Waals surface area contributed by atoms with Gasteiger partial charge < -0.3 is 10.3 Å². The first-order valence-corrected chi connectivity index (χ1v) is 5.44. The zero-order valence-electron chi connectivity index (χ0n) is 7.72. The highest BCUT2D eigenvalue weighted by Gasteiger charge is 2.11. The monoisotopic (exact) mass is 272 g/mol. The summed E-state index contributed by atoms with van der Waals surface area (Å²) in [6.45, 7) is 0.470. The van der Waals surface area contributed by atoms with Crippen LogP contribution in [0, 0.1) is 0 Å². The lowest BCUT2D eigenvalue weighted by Crippen LogP contribution is -1.96. The number of halogens is 2. The molecule has 0 bridgehead atoms. The molecule has 2 aromatic rings. The molecule has 74 valence electrons. The molecular formula is C10H10BrClN2. The van der Waals surface area contributed by atoms with Gasteiger partial charge in [0, 0.05) is 29.0 Å². The second kappa shape index (κ2) is 3.57. The Morgan fingerprint density at radius 2 is 2.21 bits per heavy atom. The van der Waals surface area contributed by atoms with Crippen molar-refractivity contribution in [3.8, 4) is 0 Å². The van der Waals surface area contributed by atoms with Crippen LogP contribution in [0.4, 0.5) is 0 Å². The second-order valence-electron chi connectivity index (χ2n) is 3.19. The van der Waals surface area contributed by atoms with Crippen molar-refractivity contribution in [2.45, 2.75) is 6.54 Å². The summed E-state index contributed by atoms with van der Waals surface area (Å²) in [6, 6.07) is 6.08. The number of rotatable bonds is 1. The van der Waals surface area contributed by atoms with Crippen molar-refractivity contribution in [1.29, 1.82) is 0 Å². The molecule has 14 heavy (non-hydrogen) atoms. The second-order valence-corrected chi connectivity index (χ2v) is 4.47. The lowest BCUT2D eigenvalue weighted by molar-refractivity contribution is 0.949. The fourth-order valence-corrected chi connectivity index (χ4v) is 2.27. The van der Waals surface area contributed by atoms with Gasteiger partial charge in [0.05, 0.1) is 5.52 Å². The largest absolute Gasteiger partial charge is 0.334 e. The van der Waals surface area contributed by atoms with Gasteiger partial charge in [0.1, 0.15) is 5.15 Å². The van der Waals surface area contributed by atoms with Crippen LogP contribution in [0.5, 0.6) is 0 Å². The van der Waals surface area contributed by atoms with Crippen LogP contribution < -0.4 is 5.73 Å². The van der Waals surface area contributed by atoms with Gasteiger partial charge in [-0.05, 0) is 12.1 Å². The van der Waals surface area contributed by atoms with Crippen molar-refractivity contribution in [3.05, 3.63) is 33.4 Å². The summed E-state index contributed by atoms with van der Waals surface area (Å²) < 4.78 is 3.00. The molecule has 0 amide bonds. The molecule has 0 aliphatic rings. The van der Waals surface area contributed by atoms with Crippen LogP contribution in [0.1, 0.15) is 5.56 Å². The standard InChI is InChI=1S/C10H10BrClN2/c1-14-9-4-6(11)2-3-7(9)8(5-13)10(14)12/h2-4H,5,13H2,1H3. The van der Waals surface area contributed by atoms with Gasteiger partial charge in [0.25, 0.3) is 0 Å². The van der Waals surface area contributed by atoms with Crippen molar-refractivity contribution < 1.29 is 0 Å². The summed E-state index contributed by atoms with van der Waals surface area (Å²) in [7, 11) is 1.94. The maximum atomic E-state index is 6.16. The Bertz CT molecular complexity index is 490. The number of nitrogens with zero attached hydrogens (tertiary/aromatic N) is 1. The van der Waals surface area contributed by atoms with E-state index >= 15 is 0 Å². The molecule has 2 N–H and O–H groups in total. The molecule has 0 spiro atoms. The molecular weight excluding hydrogens is 263 g/mol. The Kier molecular flexibility index (Phi) is 2.56. The summed E-state index contributed by atoms with van der Waals surface area (Å²) in [5.74, 6) is 0. The Morgan fingerprint density at radius 1 is 1.50 bits per heavy atom. The van der Waals surface area contributed by atoms with Crippen LogP contribution in [0.3, 0.4) is 0 Å². The summed E-state index contributed by atoms with van der Waals surface area (Å²) >= 11 is 9.59. The van der Waals surface area contributed by atoms with E-state index in [9.17, 15) is 0 Å². The first kappa shape index (κ1) is 10.0. The number of aryl methyl sites for hydroxylation is 1. The van der Waals surface area contributed by atoms with Crippen LogP contribution >= 0.6 is 27.5 Å². The van der Waals surface area contributed by atoms with E-state index in [0.29, 0.717) is 6.54 Å². The molecule has 1 heterocycles. The molecule has 4 heteroatoms. The van der Waals surface area contributed by atoms with E-state index in [1.165, 1.54) is 0 Å². The van der Waals surface area contributed by atoms with Gasteiger partial charge >= 0.3 is 0 Å². The minimum atomic E-state index is 0.470. The van der Waals surface area contributed by atoms with E-state index < -0.39 is 0 Å². The topological polar surface area (TPSA) is 30.9 Å². The molecule has 0 atom stereocenters. The number of fused-ring (bicyclic) bond motifs is 1. The van der Waals surface area contributed by atoms with Gasteiger partial charge in [-0.1, -0.05) is 33.6 Å². The van der Waals surface area contributed by atoms with Crippen molar-refractivity contribution in [3.63, 3.8) is 0 Å². The molecule has 0 aliphatic heterocycles. The van der Waals surface area contributed by atoms with E-state index in [2.05, 4.69) is 15.9 Å².